The molecule has 0 amide bonds. The lowest BCUT2D eigenvalue weighted by molar-refractivity contribution is 0.256. The molecule has 1 aliphatic rings. The topological polar surface area (TPSA) is 47.9 Å². The summed E-state index contributed by atoms with van der Waals surface area (Å²) >= 11 is 0. The SMILES string of the molecule is CC(CCc1ccccc1)N=C(Nc1ccccc1O)N1CCCCC1C. The second-order valence-corrected chi connectivity index (χ2v) is 7.51. The predicted octanol–water partition coefficient (Wildman–Crippen LogP) is 5.06. The molecule has 1 aliphatic heterocycles. The van der Waals surface area contributed by atoms with Crippen LogP contribution in [0, 0.1) is 0 Å². The zero-order valence-electron chi connectivity index (χ0n) is 16.4. The Morgan fingerprint density at radius 3 is 2.63 bits per heavy atom. The average molecular weight is 366 g/mol. The van der Waals surface area contributed by atoms with Gasteiger partial charge in [0.2, 0.25) is 0 Å². The molecule has 0 aliphatic carbocycles. The number of likely N-dealkylation sites (tertiary alicyclic amines) is 1. The second-order valence-electron chi connectivity index (χ2n) is 7.51. The third-order valence-electron chi connectivity index (χ3n) is 5.26. The van der Waals surface area contributed by atoms with Gasteiger partial charge in [0, 0.05) is 12.6 Å². The standard InChI is InChI=1S/C23H31N3O/c1-18(15-16-20-11-4-3-5-12-20)24-23(26-17-9-8-10-19(26)2)25-21-13-6-7-14-22(21)27/h3-7,11-14,18-19,27H,8-10,15-17H2,1-2H3,(H,24,25). The number of aryl methyl sites for hydroxylation is 1. The minimum atomic E-state index is 0.202. The third-order valence-corrected chi connectivity index (χ3v) is 5.26. The molecule has 0 spiro atoms. The molecule has 3 rings (SSSR count). The first-order valence-corrected chi connectivity index (χ1v) is 10.1. The van der Waals surface area contributed by atoms with Crippen LogP contribution >= 0.6 is 0 Å². The summed E-state index contributed by atoms with van der Waals surface area (Å²) in [5, 5.41) is 13.6. The summed E-state index contributed by atoms with van der Waals surface area (Å²) in [6.45, 7) is 5.44. The van der Waals surface area contributed by atoms with Crippen molar-refractivity contribution in [2.24, 2.45) is 4.99 Å². The number of aromatic hydroxyl groups is 1. The lowest BCUT2D eigenvalue weighted by Gasteiger charge is -2.36. The van der Waals surface area contributed by atoms with Crippen molar-refractivity contribution in [3.8, 4) is 5.75 Å². The highest BCUT2D eigenvalue weighted by atomic mass is 16.3. The number of aliphatic imine (C=N–C) groups is 1. The van der Waals surface area contributed by atoms with Gasteiger partial charge in [0.25, 0.3) is 0 Å². The number of para-hydroxylation sites is 2. The van der Waals surface area contributed by atoms with Crippen LogP contribution < -0.4 is 5.32 Å². The molecule has 1 saturated heterocycles. The Labute approximate surface area is 162 Å². The monoisotopic (exact) mass is 365 g/mol. The van der Waals surface area contributed by atoms with Gasteiger partial charge in [-0.2, -0.15) is 0 Å². The summed E-state index contributed by atoms with van der Waals surface area (Å²) < 4.78 is 0. The number of phenols is 1. The summed E-state index contributed by atoms with van der Waals surface area (Å²) in [6.07, 6.45) is 5.65. The number of hydrogen-bond donors (Lipinski definition) is 2. The van der Waals surface area contributed by atoms with Gasteiger partial charge in [-0.25, -0.2) is 4.99 Å². The molecule has 0 aromatic heterocycles. The molecule has 27 heavy (non-hydrogen) atoms. The van der Waals surface area contributed by atoms with Gasteiger partial charge in [-0.05, 0) is 63.6 Å². The number of guanidine groups is 1. The summed E-state index contributed by atoms with van der Waals surface area (Å²) in [7, 11) is 0. The van der Waals surface area contributed by atoms with Crippen LogP contribution in [-0.4, -0.2) is 34.6 Å². The fourth-order valence-corrected chi connectivity index (χ4v) is 3.58. The van der Waals surface area contributed by atoms with E-state index in [-0.39, 0.29) is 11.8 Å². The molecule has 4 heteroatoms. The highest BCUT2D eigenvalue weighted by molar-refractivity contribution is 5.95. The van der Waals surface area contributed by atoms with E-state index in [0.717, 1.165) is 25.3 Å². The minimum absolute atomic E-state index is 0.202. The Kier molecular flexibility index (Phi) is 6.74. The molecule has 0 saturated carbocycles. The summed E-state index contributed by atoms with van der Waals surface area (Å²) in [5.74, 6) is 1.14. The minimum Gasteiger partial charge on any atom is -0.506 e. The van der Waals surface area contributed by atoms with E-state index in [1.165, 1.54) is 24.8 Å². The van der Waals surface area contributed by atoms with E-state index in [2.05, 4.69) is 54.4 Å². The van der Waals surface area contributed by atoms with Gasteiger partial charge in [-0.1, -0.05) is 42.5 Å². The highest BCUT2D eigenvalue weighted by Gasteiger charge is 2.23. The number of nitrogens with zero attached hydrogens (tertiary/aromatic N) is 2. The van der Waals surface area contributed by atoms with E-state index in [1.54, 1.807) is 6.07 Å². The lowest BCUT2D eigenvalue weighted by Crippen LogP contribution is -2.46. The summed E-state index contributed by atoms with van der Waals surface area (Å²) in [4.78, 5) is 7.38. The average Bonchev–Trinajstić information content (AvgIpc) is 2.69. The molecule has 2 unspecified atom stereocenters. The van der Waals surface area contributed by atoms with Crippen LogP contribution in [0.3, 0.4) is 0 Å². The van der Waals surface area contributed by atoms with Gasteiger partial charge in [-0.15, -0.1) is 0 Å². The molecule has 2 N–H and O–H groups in total. The number of piperidine rings is 1. The molecule has 2 aromatic rings. The molecule has 1 fully saturated rings. The number of rotatable bonds is 5. The van der Waals surface area contributed by atoms with Crippen LogP contribution in [0.5, 0.6) is 5.75 Å². The normalized spacial score (nSPS) is 19.0. The van der Waals surface area contributed by atoms with E-state index >= 15 is 0 Å². The zero-order valence-corrected chi connectivity index (χ0v) is 16.4. The molecule has 0 bridgehead atoms. The van der Waals surface area contributed by atoms with E-state index in [9.17, 15) is 5.11 Å². The van der Waals surface area contributed by atoms with Crippen LogP contribution in [0.25, 0.3) is 0 Å². The van der Waals surface area contributed by atoms with Gasteiger partial charge in [0.05, 0.1) is 11.7 Å². The largest absolute Gasteiger partial charge is 0.506 e. The lowest BCUT2D eigenvalue weighted by atomic mass is 10.0. The fourth-order valence-electron chi connectivity index (χ4n) is 3.58. The van der Waals surface area contributed by atoms with E-state index in [4.69, 9.17) is 4.99 Å². The number of benzene rings is 2. The van der Waals surface area contributed by atoms with E-state index in [1.807, 2.05) is 18.2 Å². The van der Waals surface area contributed by atoms with Gasteiger partial charge < -0.3 is 15.3 Å². The molecule has 2 atom stereocenters. The summed E-state index contributed by atoms with van der Waals surface area (Å²) in [5.41, 5.74) is 2.06. The Hall–Kier alpha value is -2.49. The van der Waals surface area contributed by atoms with Crippen molar-refractivity contribution in [3.05, 3.63) is 60.2 Å². The van der Waals surface area contributed by atoms with Crippen LogP contribution in [0.4, 0.5) is 5.69 Å². The molecule has 4 nitrogen and oxygen atoms in total. The number of anilines is 1. The van der Waals surface area contributed by atoms with Crippen molar-refractivity contribution in [1.29, 1.82) is 0 Å². The number of hydrogen-bond acceptors (Lipinski definition) is 2. The maximum Gasteiger partial charge on any atom is 0.199 e. The van der Waals surface area contributed by atoms with Crippen molar-refractivity contribution >= 4 is 11.6 Å². The molecule has 144 valence electrons. The van der Waals surface area contributed by atoms with Gasteiger partial charge in [0.15, 0.2) is 5.96 Å². The van der Waals surface area contributed by atoms with Gasteiger partial charge in [-0.3, -0.25) is 0 Å². The maximum absolute atomic E-state index is 10.2. The van der Waals surface area contributed by atoms with Gasteiger partial charge >= 0.3 is 0 Å². The van der Waals surface area contributed by atoms with Crippen LogP contribution in [0.15, 0.2) is 59.6 Å². The Balaban J connectivity index is 1.75. The van der Waals surface area contributed by atoms with Crippen molar-refractivity contribution in [3.63, 3.8) is 0 Å². The first-order valence-electron chi connectivity index (χ1n) is 10.1. The van der Waals surface area contributed by atoms with Crippen molar-refractivity contribution < 1.29 is 5.11 Å². The molecule has 2 aromatic carbocycles. The van der Waals surface area contributed by atoms with Crippen molar-refractivity contribution in [1.82, 2.24) is 4.90 Å². The Morgan fingerprint density at radius 1 is 1.15 bits per heavy atom. The van der Waals surface area contributed by atoms with Gasteiger partial charge in [0.1, 0.15) is 5.75 Å². The first-order chi connectivity index (χ1) is 13.1. The molecular weight excluding hydrogens is 334 g/mol. The number of phenolic OH excluding ortho intramolecular Hbond substituents is 1. The van der Waals surface area contributed by atoms with Crippen LogP contribution in [0.1, 0.15) is 45.1 Å². The van der Waals surface area contributed by atoms with Crippen molar-refractivity contribution in [2.45, 2.75) is 58.0 Å². The van der Waals surface area contributed by atoms with Crippen molar-refractivity contribution in [2.75, 3.05) is 11.9 Å². The third kappa shape index (κ3) is 5.49. The van der Waals surface area contributed by atoms with E-state index < -0.39 is 0 Å². The Bertz CT molecular complexity index is 744. The van der Waals surface area contributed by atoms with Crippen LogP contribution in [0.2, 0.25) is 0 Å². The summed E-state index contributed by atoms with van der Waals surface area (Å²) in [6, 6.07) is 18.6. The number of nitrogens with one attached hydrogen (secondary N) is 1. The van der Waals surface area contributed by atoms with Crippen LogP contribution in [-0.2, 0) is 6.42 Å². The molecule has 1 heterocycles. The fraction of sp³-hybridized carbons (Fsp3) is 0.435. The highest BCUT2D eigenvalue weighted by Crippen LogP contribution is 2.24. The Morgan fingerprint density at radius 2 is 1.89 bits per heavy atom. The smallest absolute Gasteiger partial charge is 0.199 e. The first kappa shape index (κ1) is 19.3. The molecular formula is C23H31N3O. The van der Waals surface area contributed by atoms with E-state index in [0.29, 0.717) is 11.7 Å². The quantitative estimate of drug-likeness (QED) is 0.442. The predicted molar refractivity (Wildman–Crippen MR) is 113 cm³/mol. The molecule has 0 radical (unpaired) electrons. The second kappa shape index (κ2) is 9.45. The zero-order chi connectivity index (χ0) is 19.1. The maximum atomic E-state index is 10.2.